The third-order valence-electron chi connectivity index (χ3n) is 5.40. The van der Waals surface area contributed by atoms with Crippen LogP contribution >= 0.6 is 11.6 Å². The third kappa shape index (κ3) is 6.52. The van der Waals surface area contributed by atoms with E-state index in [-0.39, 0.29) is 21.4 Å². The van der Waals surface area contributed by atoms with Gasteiger partial charge in [0.25, 0.3) is 15.9 Å². The van der Waals surface area contributed by atoms with Gasteiger partial charge in [-0.05, 0) is 55.0 Å². The number of ether oxygens (including phenoxy) is 3. The number of rotatable bonds is 11. The van der Waals surface area contributed by atoms with Crippen molar-refractivity contribution in [3.63, 3.8) is 0 Å². The van der Waals surface area contributed by atoms with Gasteiger partial charge >= 0.3 is 0 Å². The predicted molar refractivity (Wildman–Crippen MR) is 143 cm³/mol. The van der Waals surface area contributed by atoms with Crippen molar-refractivity contribution in [1.29, 1.82) is 0 Å². The van der Waals surface area contributed by atoms with Crippen LogP contribution in [0.2, 0.25) is 5.02 Å². The van der Waals surface area contributed by atoms with E-state index in [4.69, 9.17) is 25.8 Å². The van der Waals surface area contributed by atoms with E-state index in [1.165, 1.54) is 45.6 Å². The summed E-state index contributed by atoms with van der Waals surface area (Å²) in [6.07, 6.45) is 0.490. The van der Waals surface area contributed by atoms with E-state index in [2.05, 4.69) is 10.5 Å². The molecule has 0 unspecified atom stereocenters. The third-order valence-corrected chi connectivity index (χ3v) is 7.40. The highest BCUT2D eigenvalue weighted by Crippen LogP contribution is 2.34. The Kier molecular flexibility index (Phi) is 9.37. The van der Waals surface area contributed by atoms with Gasteiger partial charge in [-0.25, -0.2) is 13.8 Å². The zero-order chi connectivity index (χ0) is 27.0. The Morgan fingerprint density at radius 3 is 2.19 bits per heavy atom. The Hall–Kier alpha value is -3.76. The maximum Gasteiger partial charge on any atom is 0.264 e. The number of hydrazone groups is 1. The van der Waals surface area contributed by atoms with Crippen molar-refractivity contribution < 1.29 is 27.4 Å². The molecular formula is C26H28ClN3O6S. The van der Waals surface area contributed by atoms with E-state index in [0.29, 0.717) is 29.2 Å². The number of hydrogen-bond acceptors (Lipinski definition) is 7. The largest absolute Gasteiger partial charge is 0.495 e. The number of anilines is 1. The fourth-order valence-corrected chi connectivity index (χ4v) is 5.15. The summed E-state index contributed by atoms with van der Waals surface area (Å²) in [4.78, 5) is 13.0. The van der Waals surface area contributed by atoms with Gasteiger partial charge in [0.15, 0.2) is 11.5 Å². The van der Waals surface area contributed by atoms with Gasteiger partial charge < -0.3 is 14.2 Å². The molecule has 9 nitrogen and oxygen atoms in total. The number of benzene rings is 3. The highest BCUT2D eigenvalue weighted by Gasteiger charge is 2.29. The number of nitrogens with zero attached hydrogens (tertiary/aromatic N) is 2. The van der Waals surface area contributed by atoms with Crippen LogP contribution in [0.4, 0.5) is 5.69 Å². The summed E-state index contributed by atoms with van der Waals surface area (Å²) in [6, 6.07) is 17.6. The SMILES string of the molecule is CC/C(=N/NC(=O)CN(c1cc(Cl)ccc1OC)S(=O)(=O)c1ccccc1)c1ccc(OC)c(OC)c1. The van der Waals surface area contributed by atoms with Gasteiger partial charge in [0, 0.05) is 10.6 Å². The van der Waals surface area contributed by atoms with Crippen LogP contribution in [0.15, 0.2) is 76.7 Å². The average Bonchev–Trinajstić information content (AvgIpc) is 2.92. The van der Waals surface area contributed by atoms with E-state index >= 15 is 0 Å². The summed E-state index contributed by atoms with van der Waals surface area (Å²) in [5.41, 5.74) is 3.87. The van der Waals surface area contributed by atoms with Crippen LogP contribution in [0.25, 0.3) is 0 Å². The van der Waals surface area contributed by atoms with Crippen LogP contribution < -0.4 is 23.9 Å². The van der Waals surface area contributed by atoms with Crippen LogP contribution in [0.5, 0.6) is 17.2 Å². The number of sulfonamides is 1. The first-order valence-electron chi connectivity index (χ1n) is 11.2. The molecule has 0 saturated heterocycles. The van der Waals surface area contributed by atoms with Gasteiger partial charge in [-0.15, -0.1) is 0 Å². The fraction of sp³-hybridized carbons (Fsp3) is 0.231. The van der Waals surface area contributed by atoms with Crippen LogP contribution in [-0.4, -0.2) is 47.9 Å². The number of carbonyl (C=O) groups is 1. The molecule has 0 radical (unpaired) electrons. The number of hydrogen-bond donors (Lipinski definition) is 1. The normalized spacial score (nSPS) is 11.5. The molecule has 0 bridgehead atoms. The molecular weight excluding hydrogens is 518 g/mol. The molecule has 3 aromatic carbocycles. The smallest absolute Gasteiger partial charge is 0.264 e. The number of amides is 1. The molecule has 1 N–H and O–H groups in total. The van der Waals surface area contributed by atoms with Crippen LogP contribution in [-0.2, 0) is 14.8 Å². The van der Waals surface area contributed by atoms with Crippen molar-refractivity contribution in [3.05, 3.63) is 77.3 Å². The molecule has 0 aromatic heterocycles. The molecule has 3 rings (SSSR count). The van der Waals surface area contributed by atoms with E-state index in [9.17, 15) is 13.2 Å². The molecule has 37 heavy (non-hydrogen) atoms. The highest BCUT2D eigenvalue weighted by atomic mass is 35.5. The lowest BCUT2D eigenvalue weighted by Gasteiger charge is -2.25. The van der Waals surface area contributed by atoms with Crippen LogP contribution in [0.1, 0.15) is 18.9 Å². The molecule has 1 amide bonds. The monoisotopic (exact) mass is 545 g/mol. The first-order valence-corrected chi connectivity index (χ1v) is 13.1. The van der Waals surface area contributed by atoms with Gasteiger partial charge in [0.1, 0.15) is 12.3 Å². The lowest BCUT2D eigenvalue weighted by atomic mass is 10.1. The molecule has 0 atom stereocenters. The van der Waals surface area contributed by atoms with Crippen molar-refractivity contribution in [2.45, 2.75) is 18.2 Å². The highest BCUT2D eigenvalue weighted by molar-refractivity contribution is 7.92. The maximum absolute atomic E-state index is 13.6. The molecule has 0 aliphatic heterocycles. The Bertz CT molecular complexity index is 1380. The van der Waals surface area contributed by atoms with Gasteiger partial charge in [-0.1, -0.05) is 36.7 Å². The van der Waals surface area contributed by atoms with E-state index in [1.54, 1.807) is 42.5 Å². The lowest BCUT2D eigenvalue weighted by Crippen LogP contribution is -2.40. The zero-order valence-electron chi connectivity index (χ0n) is 20.9. The molecule has 0 aliphatic carbocycles. The first kappa shape index (κ1) is 27.8. The minimum absolute atomic E-state index is 0.00732. The van der Waals surface area contributed by atoms with Crippen molar-refractivity contribution in [3.8, 4) is 17.2 Å². The molecule has 196 valence electrons. The second-order valence-corrected chi connectivity index (χ2v) is 9.96. The van der Waals surface area contributed by atoms with Crippen molar-refractivity contribution in [2.24, 2.45) is 5.10 Å². The minimum atomic E-state index is -4.16. The van der Waals surface area contributed by atoms with Crippen LogP contribution in [0.3, 0.4) is 0 Å². The summed E-state index contributed by atoms with van der Waals surface area (Å²) < 4.78 is 44.1. The van der Waals surface area contributed by atoms with Crippen molar-refractivity contribution in [1.82, 2.24) is 5.43 Å². The molecule has 11 heteroatoms. The molecule has 0 spiro atoms. The standard InChI is InChI=1S/C26H28ClN3O6S/c1-5-21(18-11-13-24(35-3)25(15-18)36-4)28-29-26(31)17-30(22-16-19(27)12-14-23(22)34-2)37(32,33)20-9-7-6-8-10-20/h6-16H,5,17H2,1-4H3,(H,29,31)/b28-21-. The fourth-order valence-electron chi connectivity index (χ4n) is 3.54. The maximum atomic E-state index is 13.6. The number of methoxy groups -OCH3 is 3. The Morgan fingerprint density at radius 1 is 0.919 bits per heavy atom. The first-order chi connectivity index (χ1) is 17.7. The van der Waals surface area contributed by atoms with E-state index < -0.39 is 22.5 Å². The quantitative estimate of drug-likeness (QED) is 0.281. The van der Waals surface area contributed by atoms with Crippen molar-refractivity contribution >= 4 is 38.9 Å². The molecule has 0 fully saturated rings. The summed E-state index contributed by atoms with van der Waals surface area (Å²) in [5.74, 6) is 0.649. The van der Waals surface area contributed by atoms with E-state index in [0.717, 1.165) is 4.31 Å². The second-order valence-electron chi connectivity index (χ2n) is 7.66. The van der Waals surface area contributed by atoms with Crippen LogP contribution in [0, 0.1) is 0 Å². The summed E-state index contributed by atoms with van der Waals surface area (Å²) in [6.45, 7) is 1.31. The molecule has 0 aliphatic rings. The van der Waals surface area contributed by atoms with Gasteiger partial charge in [0.2, 0.25) is 0 Å². The van der Waals surface area contributed by atoms with Gasteiger partial charge in [0.05, 0.1) is 37.6 Å². The Balaban J connectivity index is 1.95. The Labute approximate surface area is 221 Å². The lowest BCUT2D eigenvalue weighted by molar-refractivity contribution is -0.119. The predicted octanol–water partition coefficient (Wildman–Crippen LogP) is 4.49. The van der Waals surface area contributed by atoms with Gasteiger partial charge in [-0.3, -0.25) is 9.10 Å². The zero-order valence-corrected chi connectivity index (χ0v) is 22.5. The molecule has 0 saturated carbocycles. The summed E-state index contributed by atoms with van der Waals surface area (Å²) in [5, 5.41) is 4.53. The summed E-state index contributed by atoms with van der Waals surface area (Å²) in [7, 11) is 0.312. The molecule has 3 aromatic rings. The Morgan fingerprint density at radius 2 is 1.57 bits per heavy atom. The van der Waals surface area contributed by atoms with Crippen molar-refractivity contribution in [2.75, 3.05) is 32.2 Å². The van der Waals surface area contributed by atoms with E-state index in [1.807, 2.05) is 6.92 Å². The second kappa shape index (κ2) is 12.5. The minimum Gasteiger partial charge on any atom is -0.495 e. The average molecular weight is 546 g/mol. The topological polar surface area (TPSA) is 107 Å². The van der Waals surface area contributed by atoms with Gasteiger partial charge in [-0.2, -0.15) is 5.10 Å². The number of nitrogens with one attached hydrogen (secondary N) is 1. The summed E-state index contributed by atoms with van der Waals surface area (Å²) >= 11 is 6.17. The molecule has 0 heterocycles. The number of carbonyl (C=O) groups excluding carboxylic acids is 1. The number of halogens is 1.